The van der Waals surface area contributed by atoms with E-state index in [4.69, 9.17) is 13.9 Å². The third kappa shape index (κ3) is 6.70. The van der Waals surface area contributed by atoms with Gasteiger partial charge in [-0.1, -0.05) is 49.4 Å². The number of rotatable bonds is 12. The highest BCUT2D eigenvalue weighted by Gasteiger charge is 2.31. The molecule has 2 atom stereocenters. The van der Waals surface area contributed by atoms with Crippen LogP contribution in [0.2, 0.25) is 0 Å². The molecule has 0 fully saturated rings. The molecule has 0 saturated heterocycles. The van der Waals surface area contributed by atoms with Gasteiger partial charge in [0.1, 0.15) is 12.3 Å². The first-order valence-electron chi connectivity index (χ1n) is 10.4. The Balaban J connectivity index is 1.72. The number of carbonyl (C=O) groups is 2. The predicted molar refractivity (Wildman–Crippen MR) is 121 cm³/mol. The van der Waals surface area contributed by atoms with Gasteiger partial charge in [-0.25, -0.2) is 13.4 Å². The maximum Gasteiger partial charge on any atom is 0.266 e. The van der Waals surface area contributed by atoms with E-state index in [2.05, 4.69) is 10.3 Å². The van der Waals surface area contributed by atoms with Crippen LogP contribution in [0.3, 0.4) is 0 Å². The summed E-state index contributed by atoms with van der Waals surface area (Å²) in [6, 6.07) is 14.6. The Labute approximate surface area is 192 Å². The lowest BCUT2D eigenvalue weighted by Crippen LogP contribution is -2.48. The molecule has 0 unspecified atom stereocenters. The SMILES string of the molecule is CC[C@H](NC(=O)[C@H](CS(=O)(=O)Cc1ccccc1)OCOC)C(=O)c1nc2ccccc2o1. The summed E-state index contributed by atoms with van der Waals surface area (Å²) in [7, 11) is -2.34. The number of benzene rings is 2. The van der Waals surface area contributed by atoms with Crippen LogP contribution in [0.25, 0.3) is 11.1 Å². The first-order valence-corrected chi connectivity index (χ1v) is 12.2. The minimum atomic E-state index is -3.70. The van der Waals surface area contributed by atoms with Crippen molar-refractivity contribution in [2.75, 3.05) is 19.7 Å². The van der Waals surface area contributed by atoms with Gasteiger partial charge in [-0.2, -0.15) is 0 Å². The summed E-state index contributed by atoms with van der Waals surface area (Å²) in [5, 5.41) is 2.57. The average Bonchev–Trinajstić information content (AvgIpc) is 3.24. The summed E-state index contributed by atoms with van der Waals surface area (Å²) >= 11 is 0. The number of aromatic nitrogens is 1. The van der Waals surface area contributed by atoms with Gasteiger partial charge in [0, 0.05) is 7.11 Å². The van der Waals surface area contributed by atoms with E-state index in [0.29, 0.717) is 16.7 Å². The van der Waals surface area contributed by atoms with E-state index < -0.39 is 39.4 Å². The van der Waals surface area contributed by atoms with E-state index in [1.165, 1.54) is 7.11 Å². The molecule has 1 heterocycles. The van der Waals surface area contributed by atoms with Crippen LogP contribution in [0.4, 0.5) is 0 Å². The van der Waals surface area contributed by atoms with Gasteiger partial charge in [0.15, 0.2) is 21.5 Å². The number of carbonyl (C=O) groups excluding carboxylic acids is 2. The number of nitrogens with zero attached hydrogens (tertiary/aromatic N) is 1. The first kappa shape index (κ1) is 24.6. The van der Waals surface area contributed by atoms with Crippen molar-refractivity contribution in [3.8, 4) is 0 Å². The molecular weight excluding hydrogens is 448 g/mol. The van der Waals surface area contributed by atoms with Crippen molar-refractivity contribution < 1.29 is 31.9 Å². The van der Waals surface area contributed by atoms with Crippen LogP contribution in [0, 0.1) is 0 Å². The number of ether oxygens (including phenoxy) is 2. The molecule has 3 aromatic rings. The molecule has 1 N–H and O–H groups in total. The first-order chi connectivity index (χ1) is 15.8. The number of para-hydroxylation sites is 2. The predicted octanol–water partition coefficient (Wildman–Crippen LogP) is 2.51. The summed E-state index contributed by atoms with van der Waals surface area (Å²) in [5.74, 6) is -2.19. The number of nitrogens with one attached hydrogen (secondary N) is 1. The number of hydrogen-bond donors (Lipinski definition) is 1. The summed E-state index contributed by atoms with van der Waals surface area (Å²) < 4.78 is 41.1. The monoisotopic (exact) mass is 474 g/mol. The van der Waals surface area contributed by atoms with E-state index in [-0.39, 0.29) is 24.9 Å². The molecule has 0 saturated carbocycles. The fourth-order valence-electron chi connectivity index (χ4n) is 3.21. The van der Waals surface area contributed by atoms with Gasteiger partial charge in [-0.15, -0.1) is 0 Å². The lowest BCUT2D eigenvalue weighted by molar-refractivity contribution is -0.140. The van der Waals surface area contributed by atoms with Crippen LogP contribution in [0.1, 0.15) is 29.6 Å². The average molecular weight is 475 g/mol. The highest BCUT2D eigenvalue weighted by atomic mass is 32.2. The lowest BCUT2D eigenvalue weighted by atomic mass is 10.1. The normalized spacial score (nSPS) is 13.5. The minimum Gasteiger partial charge on any atom is -0.434 e. The van der Waals surface area contributed by atoms with E-state index in [1.807, 2.05) is 0 Å². The van der Waals surface area contributed by atoms with Crippen molar-refractivity contribution in [2.24, 2.45) is 0 Å². The smallest absolute Gasteiger partial charge is 0.266 e. The molecule has 3 rings (SSSR count). The van der Waals surface area contributed by atoms with Gasteiger partial charge in [-0.3, -0.25) is 9.59 Å². The number of methoxy groups -OCH3 is 1. The molecule has 1 aromatic heterocycles. The Bertz CT molecular complexity index is 1160. The fraction of sp³-hybridized carbons (Fsp3) is 0.348. The highest BCUT2D eigenvalue weighted by molar-refractivity contribution is 7.90. The van der Waals surface area contributed by atoms with Gasteiger partial charge in [0.2, 0.25) is 5.78 Å². The lowest BCUT2D eigenvalue weighted by Gasteiger charge is -2.20. The van der Waals surface area contributed by atoms with Crippen LogP contribution in [0.15, 0.2) is 59.0 Å². The van der Waals surface area contributed by atoms with Crippen molar-refractivity contribution in [2.45, 2.75) is 31.2 Å². The molecular formula is C23H26N2O7S. The van der Waals surface area contributed by atoms with Gasteiger partial charge >= 0.3 is 0 Å². The van der Waals surface area contributed by atoms with E-state index >= 15 is 0 Å². The summed E-state index contributed by atoms with van der Waals surface area (Å²) in [6.07, 6.45) is -1.11. The molecule has 0 radical (unpaired) electrons. The molecule has 0 aliphatic carbocycles. The van der Waals surface area contributed by atoms with E-state index in [9.17, 15) is 18.0 Å². The number of fused-ring (bicyclic) bond motifs is 1. The molecule has 33 heavy (non-hydrogen) atoms. The Morgan fingerprint density at radius 1 is 1.09 bits per heavy atom. The number of oxazole rings is 1. The van der Waals surface area contributed by atoms with Crippen molar-refractivity contribution >= 4 is 32.6 Å². The zero-order chi connectivity index (χ0) is 23.8. The van der Waals surface area contributed by atoms with Crippen LogP contribution < -0.4 is 5.32 Å². The van der Waals surface area contributed by atoms with Crippen LogP contribution in [0.5, 0.6) is 0 Å². The molecule has 1 amide bonds. The summed E-state index contributed by atoms with van der Waals surface area (Å²) in [4.78, 5) is 30.0. The number of ketones is 1. The van der Waals surface area contributed by atoms with Crippen molar-refractivity contribution in [1.29, 1.82) is 0 Å². The Kier molecular flexibility index (Phi) is 8.32. The fourth-order valence-corrected chi connectivity index (χ4v) is 4.74. The van der Waals surface area contributed by atoms with Crippen molar-refractivity contribution in [3.63, 3.8) is 0 Å². The van der Waals surface area contributed by atoms with Crippen molar-refractivity contribution in [3.05, 3.63) is 66.1 Å². The molecule has 10 heteroatoms. The Hall–Kier alpha value is -3.08. The number of hydrogen-bond acceptors (Lipinski definition) is 8. The van der Waals surface area contributed by atoms with Crippen LogP contribution >= 0.6 is 0 Å². The molecule has 9 nitrogen and oxygen atoms in total. The van der Waals surface area contributed by atoms with E-state index in [0.717, 1.165) is 0 Å². The topological polar surface area (TPSA) is 125 Å². The second kappa shape index (κ2) is 11.2. The number of sulfone groups is 1. The molecule has 0 spiro atoms. The largest absolute Gasteiger partial charge is 0.434 e. The minimum absolute atomic E-state index is 0.130. The van der Waals surface area contributed by atoms with Gasteiger partial charge in [0.25, 0.3) is 11.8 Å². The maximum atomic E-state index is 12.9. The van der Waals surface area contributed by atoms with Gasteiger partial charge in [0.05, 0.1) is 17.5 Å². The van der Waals surface area contributed by atoms with E-state index in [1.54, 1.807) is 61.5 Å². The van der Waals surface area contributed by atoms with Crippen LogP contribution in [-0.2, 0) is 29.9 Å². The zero-order valence-electron chi connectivity index (χ0n) is 18.4. The highest BCUT2D eigenvalue weighted by Crippen LogP contribution is 2.17. The van der Waals surface area contributed by atoms with Gasteiger partial charge < -0.3 is 19.2 Å². The third-order valence-electron chi connectivity index (χ3n) is 4.86. The van der Waals surface area contributed by atoms with Gasteiger partial charge in [-0.05, 0) is 24.1 Å². The molecule has 0 aliphatic rings. The van der Waals surface area contributed by atoms with Crippen LogP contribution in [-0.4, -0.2) is 56.9 Å². The molecule has 176 valence electrons. The van der Waals surface area contributed by atoms with Crippen molar-refractivity contribution in [1.82, 2.24) is 10.3 Å². The number of amides is 1. The Morgan fingerprint density at radius 2 is 1.79 bits per heavy atom. The molecule has 0 aliphatic heterocycles. The summed E-state index contributed by atoms with van der Waals surface area (Å²) in [5.41, 5.74) is 1.58. The Morgan fingerprint density at radius 3 is 2.45 bits per heavy atom. The quantitative estimate of drug-likeness (QED) is 0.314. The maximum absolute atomic E-state index is 12.9. The number of Topliss-reactive ketones (excluding diaryl/α,β-unsaturated/α-hetero) is 1. The third-order valence-corrected chi connectivity index (χ3v) is 6.44. The molecule has 0 bridgehead atoms. The molecule has 2 aromatic carbocycles. The zero-order valence-corrected chi connectivity index (χ0v) is 19.2. The standard InChI is InChI=1S/C23H26N2O7S/c1-3-17(21(26)23-25-18-11-7-8-12-19(18)32-23)24-22(27)20(31-15-30-2)14-33(28,29)13-16-9-5-4-6-10-16/h4-12,17,20H,3,13-15H2,1-2H3,(H,24,27)/t17-,20-/m0/s1. The summed E-state index contributed by atoms with van der Waals surface area (Å²) in [6.45, 7) is 1.43. The second-order valence-electron chi connectivity index (χ2n) is 7.42. The second-order valence-corrected chi connectivity index (χ2v) is 9.53.